The van der Waals surface area contributed by atoms with Crippen molar-refractivity contribution in [1.29, 1.82) is 0 Å². The molecule has 8 nitrogen and oxygen atoms in total. The lowest BCUT2D eigenvalue weighted by Crippen LogP contribution is -2.10. The zero-order valence-corrected chi connectivity index (χ0v) is 15.6. The molecule has 3 aromatic heterocycles. The van der Waals surface area contributed by atoms with Crippen molar-refractivity contribution in [2.75, 3.05) is 16.0 Å². The normalized spacial score (nSPS) is 10.4. The van der Waals surface area contributed by atoms with Crippen LogP contribution in [-0.4, -0.2) is 20.9 Å². The molecule has 0 aliphatic rings. The van der Waals surface area contributed by atoms with Gasteiger partial charge in [0.1, 0.15) is 23.3 Å². The summed E-state index contributed by atoms with van der Waals surface area (Å²) in [4.78, 5) is 25.1. The minimum absolute atomic E-state index is 0.261. The number of aryl methyl sites for hydroxylation is 1. The van der Waals surface area contributed by atoms with Crippen LogP contribution in [0, 0.1) is 6.92 Å². The Balaban J connectivity index is 1.44. The smallest absolute Gasteiger partial charge is 0.291 e. The second-order valence-electron chi connectivity index (χ2n) is 6.16. The molecular formula is C21H18N6O2. The van der Waals surface area contributed by atoms with Crippen LogP contribution in [0.25, 0.3) is 0 Å². The molecule has 0 bridgehead atoms. The number of hydrogen-bond donors (Lipinski definition) is 3. The number of pyridine rings is 1. The highest BCUT2D eigenvalue weighted by Gasteiger charge is 2.09. The van der Waals surface area contributed by atoms with Crippen molar-refractivity contribution in [3.8, 4) is 0 Å². The van der Waals surface area contributed by atoms with E-state index in [0.29, 0.717) is 29.0 Å². The number of benzene rings is 1. The quantitative estimate of drug-likeness (QED) is 0.448. The average Bonchev–Trinajstić information content (AvgIpc) is 3.25. The Labute approximate surface area is 167 Å². The Kier molecular flexibility index (Phi) is 5.15. The van der Waals surface area contributed by atoms with Crippen LogP contribution in [0.1, 0.15) is 16.4 Å². The highest BCUT2D eigenvalue weighted by Crippen LogP contribution is 2.21. The third kappa shape index (κ3) is 4.75. The van der Waals surface area contributed by atoms with Gasteiger partial charge in [-0.2, -0.15) is 0 Å². The molecular weight excluding hydrogens is 368 g/mol. The predicted octanol–water partition coefficient (Wildman–Crippen LogP) is 4.51. The van der Waals surface area contributed by atoms with Crippen LogP contribution in [0.2, 0.25) is 0 Å². The van der Waals surface area contributed by atoms with Crippen molar-refractivity contribution in [3.05, 3.63) is 84.7 Å². The fourth-order valence-corrected chi connectivity index (χ4v) is 2.65. The lowest BCUT2D eigenvalue weighted by molar-refractivity contribution is 0.0996. The number of hydrogen-bond acceptors (Lipinski definition) is 7. The molecule has 0 saturated carbocycles. The molecule has 4 rings (SSSR count). The molecule has 1 amide bonds. The van der Waals surface area contributed by atoms with Crippen molar-refractivity contribution in [3.63, 3.8) is 0 Å². The second-order valence-corrected chi connectivity index (χ2v) is 6.16. The molecule has 144 valence electrons. The zero-order valence-electron chi connectivity index (χ0n) is 15.6. The molecule has 0 aliphatic carbocycles. The number of rotatable bonds is 6. The van der Waals surface area contributed by atoms with Gasteiger partial charge >= 0.3 is 0 Å². The Bertz CT molecular complexity index is 1100. The number of amides is 1. The highest BCUT2D eigenvalue weighted by atomic mass is 16.3. The third-order valence-electron chi connectivity index (χ3n) is 3.92. The van der Waals surface area contributed by atoms with Gasteiger partial charge in [0.25, 0.3) is 5.91 Å². The SMILES string of the molecule is Cc1nc(Nc2ccc(NC(=O)c3ccco3)cc2)cc(Nc2ccccn2)n1. The van der Waals surface area contributed by atoms with Crippen molar-refractivity contribution in [2.24, 2.45) is 0 Å². The van der Waals surface area contributed by atoms with Crippen LogP contribution < -0.4 is 16.0 Å². The third-order valence-corrected chi connectivity index (χ3v) is 3.92. The van der Waals surface area contributed by atoms with E-state index < -0.39 is 0 Å². The van der Waals surface area contributed by atoms with Crippen LogP contribution in [0.3, 0.4) is 0 Å². The van der Waals surface area contributed by atoms with Gasteiger partial charge in [0.05, 0.1) is 6.26 Å². The first-order valence-electron chi connectivity index (χ1n) is 8.91. The summed E-state index contributed by atoms with van der Waals surface area (Å²) < 4.78 is 5.09. The van der Waals surface area contributed by atoms with Crippen LogP contribution in [-0.2, 0) is 0 Å². The molecule has 0 fully saturated rings. The van der Waals surface area contributed by atoms with E-state index >= 15 is 0 Å². The number of aromatic nitrogens is 3. The van der Waals surface area contributed by atoms with Gasteiger partial charge in [0.2, 0.25) is 0 Å². The first-order chi connectivity index (χ1) is 14.2. The summed E-state index contributed by atoms with van der Waals surface area (Å²) >= 11 is 0. The van der Waals surface area contributed by atoms with E-state index in [0.717, 1.165) is 5.69 Å². The monoisotopic (exact) mass is 386 g/mol. The zero-order chi connectivity index (χ0) is 20.1. The molecule has 29 heavy (non-hydrogen) atoms. The fourth-order valence-electron chi connectivity index (χ4n) is 2.65. The largest absolute Gasteiger partial charge is 0.459 e. The summed E-state index contributed by atoms with van der Waals surface area (Å²) in [6, 6.07) is 18.0. The lowest BCUT2D eigenvalue weighted by atomic mass is 10.2. The molecule has 0 saturated heterocycles. The summed E-state index contributed by atoms with van der Waals surface area (Å²) in [5.74, 6) is 2.57. The number of carbonyl (C=O) groups excluding carboxylic acids is 1. The highest BCUT2D eigenvalue weighted by molar-refractivity contribution is 6.02. The van der Waals surface area contributed by atoms with Gasteiger partial charge < -0.3 is 20.4 Å². The van der Waals surface area contributed by atoms with E-state index in [1.165, 1.54) is 6.26 Å². The molecule has 0 aliphatic heterocycles. The lowest BCUT2D eigenvalue weighted by Gasteiger charge is -2.10. The Hall–Kier alpha value is -4.20. The Morgan fingerprint density at radius 1 is 0.862 bits per heavy atom. The van der Waals surface area contributed by atoms with Gasteiger partial charge in [0.15, 0.2) is 5.76 Å². The fraction of sp³-hybridized carbons (Fsp3) is 0.0476. The van der Waals surface area contributed by atoms with E-state index in [2.05, 4.69) is 30.9 Å². The predicted molar refractivity (Wildman–Crippen MR) is 111 cm³/mol. The van der Waals surface area contributed by atoms with Gasteiger partial charge in [-0.25, -0.2) is 15.0 Å². The minimum atomic E-state index is -0.299. The topological polar surface area (TPSA) is 105 Å². The van der Waals surface area contributed by atoms with E-state index in [1.807, 2.05) is 37.3 Å². The molecule has 8 heteroatoms. The first kappa shape index (κ1) is 18.2. The van der Waals surface area contributed by atoms with Gasteiger partial charge in [-0.3, -0.25) is 4.79 Å². The van der Waals surface area contributed by atoms with Crippen LogP contribution in [0.5, 0.6) is 0 Å². The molecule has 1 aromatic carbocycles. The van der Waals surface area contributed by atoms with Gasteiger partial charge in [0, 0.05) is 23.6 Å². The summed E-state index contributed by atoms with van der Waals surface area (Å²) in [6.45, 7) is 1.82. The summed E-state index contributed by atoms with van der Waals surface area (Å²) in [5.41, 5.74) is 1.48. The number of carbonyl (C=O) groups is 1. The van der Waals surface area contributed by atoms with E-state index in [9.17, 15) is 4.79 Å². The Morgan fingerprint density at radius 2 is 1.62 bits per heavy atom. The van der Waals surface area contributed by atoms with Crippen molar-refractivity contribution < 1.29 is 9.21 Å². The van der Waals surface area contributed by atoms with E-state index in [-0.39, 0.29) is 11.7 Å². The molecule has 0 radical (unpaired) electrons. The van der Waals surface area contributed by atoms with Crippen molar-refractivity contribution in [1.82, 2.24) is 15.0 Å². The van der Waals surface area contributed by atoms with E-state index in [1.54, 1.807) is 36.5 Å². The number of furan rings is 1. The van der Waals surface area contributed by atoms with Crippen LogP contribution in [0.4, 0.5) is 28.8 Å². The van der Waals surface area contributed by atoms with Crippen LogP contribution >= 0.6 is 0 Å². The molecule has 4 aromatic rings. The summed E-state index contributed by atoms with van der Waals surface area (Å²) in [7, 11) is 0. The van der Waals surface area contributed by atoms with Crippen molar-refractivity contribution >= 4 is 34.7 Å². The number of nitrogens with one attached hydrogen (secondary N) is 3. The molecule has 0 atom stereocenters. The second kappa shape index (κ2) is 8.22. The van der Waals surface area contributed by atoms with Crippen molar-refractivity contribution in [2.45, 2.75) is 6.92 Å². The standard InChI is InChI=1S/C21H18N6O2/c1-14-23-19(13-20(24-14)27-18-6-2-3-11-22-18)25-15-7-9-16(10-8-15)26-21(28)17-5-4-12-29-17/h2-13H,1H3,(H,26,28)(H2,22,23,24,25,27). The maximum atomic E-state index is 12.0. The number of anilines is 5. The van der Waals surface area contributed by atoms with Gasteiger partial charge in [-0.05, 0) is 55.5 Å². The Morgan fingerprint density at radius 3 is 2.31 bits per heavy atom. The average molecular weight is 386 g/mol. The molecule has 0 spiro atoms. The van der Waals surface area contributed by atoms with Gasteiger partial charge in [-0.15, -0.1) is 0 Å². The first-order valence-corrected chi connectivity index (χ1v) is 8.91. The maximum absolute atomic E-state index is 12.0. The molecule has 3 heterocycles. The molecule has 0 unspecified atom stereocenters. The maximum Gasteiger partial charge on any atom is 0.291 e. The molecule has 3 N–H and O–H groups in total. The number of nitrogens with zero attached hydrogens (tertiary/aromatic N) is 3. The van der Waals surface area contributed by atoms with E-state index in [4.69, 9.17) is 4.42 Å². The van der Waals surface area contributed by atoms with Crippen LogP contribution in [0.15, 0.2) is 77.5 Å². The minimum Gasteiger partial charge on any atom is -0.459 e. The summed E-state index contributed by atoms with van der Waals surface area (Å²) in [5, 5.41) is 9.17. The van der Waals surface area contributed by atoms with Gasteiger partial charge in [-0.1, -0.05) is 6.07 Å². The summed E-state index contributed by atoms with van der Waals surface area (Å²) in [6.07, 6.45) is 3.17.